The molecule has 3 rings (SSSR count). The Morgan fingerprint density at radius 1 is 1.42 bits per heavy atom. The van der Waals surface area contributed by atoms with Gasteiger partial charge in [0, 0.05) is 35.0 Å². The topological polar surface area (TPSA) is 52.6 Å². The van der Waals surface area contributed by atoms with E-state index in [0.29, 0.717) is 12.6 Å². The molecule has 0 saturated carbocycles. The third-order valence-electron chi connectivity index (χ3n) is 4.29. The predicted octanol–water partition coefficient (Wildman–Crippen LogP) is 4.17. The molecule has 0 aliphatic carbocycles. The number of aliphatic imine (C=N–C) groups is 1. The molecular formula is C18H25BrIN5S. The Balaban J connectivity index is 0.00000243. The highest BCUT2D eigenvalue weighted by molar-refractivity contribution is 14.0. The van der Waals surface area contributed by atoms with E-state index in [1.165, 1.54) is 10.6 Å². The van der Waals surface area contributed by atoms with E-state index in [2.05, 4.69) is 67.6 Å². The summed E-state index contributed by atoms with van der Waals surface area (Å²) in [6, 6.07) is 8.80. The number of halogens is 2. The Morgan fingerprint density at radius 2 is 2.23 bits per heavy atom. The fraction of sp³-hybridized carbons (Fsp3) is 0.444. The van der Waals surface area contributed by atoms with Crippen molar-refractivity contribution in [2.24, 2.45) is 4.99 Å². The van der Waals surface area contributed by atoms with Crippen LogP contribution >= 0.6 is 51.2 Å². The first kappa shape index (κ1) is 21.4. The van der Waals surface area contributed by atoms with Gasteiger partial charge in [-0.1, -0.05) is 12.1 Å². The molecule has 1 saturated heterocycles. The lowest BCUT2D eigenvalue weighted by Gasteiger charge is -2.21. The van der Waals surface area contributed by atoms with Gasteiger partial charge in [-0.3, -0.25) is 0 Å². The minimum absolute atomic E-state index is 0. The second-order valence-electron chi connectivity index (χ2n) is 6.08. The number of nitrogens with zero attached hydrogens (tertiary/aromatic N) is 3. The molecule has 1 aliphatic rings. The lowest BCUT2D eigenvalue weighted by Crippen LogP contribution is -2.44. The van der Waals surface area contributed by atoms with Crippen LogP contribution in [-0.4, -0.2) is 36.6 Å². The molecular weight excluding hydrogens is 525 g/mol. The van der Waals surface area contributed by atoms with Gasteiger partial charge in [0.2, 0.25) is 0 Å². The smallest absolute Gasteiger partial charge is 0.191 e. The maximum atomic E-state index is 4.73. The van der Waals surface area contributed by atoms with Crippen LogP contribution in [0.4, 0.5) is 5.69 Å². The van der Waals surface area contributed by atoms with Crippen molar-refractivity contribution in [1.82, 2.24) is 15.6 Å². The second kappa shape index (κ2) is 10.5. The van der Waals surface area contributed by atoms with Crippen LogP contribution in [0.15, 0.2) is 39.2 Å². The zero-order valence-electron chi connectivity index (χ0n) is 15.0. The molecule has 1 atom stereocenters. The number of hydrogen-bond donors (Lipinski definition) is 2. The Hall–Kier alpha value is -0.870. The third kappa shape index (κ3) is 5.56. The molecule has 142 valence electrons. The average Bonchev–Trinajstić information content (AvgIpc) is 3.22. The van der Waals surface area contributed by atoms with E-state index in [-0.39, 0.29) is 24.0 Å². The van der Waals surface area contributed by atoms with E-state index >= 15 is 0 Å². The SMILES string of the molecule is CCNC(=NCc1scnc1C)NC1CCN(c2ccccc2Br)C1.I. The second-order valence-corrected chi connectivity index (χ2v) is 7.88. The minimum atomic E-state index is 0. The minimum Gasteiger partial charge on any atom is -0.368 e. The highest BCUT2D eigenvalue weighted by atomic mass is 127. The molecule has 2 N–H and O–H groups in total. The van der Waals surface area contributed by atoms with E-state index in [9.17, 15) is 0 Å². The van der Waals surface area contributed by atoms with Crippen LogP contribution in [0.2, 0.25) is 0 Å². The molecule has 0 amide bonds. The Bertz CT molecular complexity index is 736. The maximum Gasteiger partial charge on any atom is 0.191 e. The van der Waals surface area contributed by atoms with E-state index < -0.39 is 0 Å². The van der Waals surface area contributed by atoms with Crippen LogP contribution < -0.4 is 15.5 Å². The van der Waals surface area contributed by atoms with Gasteiger partial charge in [0.25, 0.3) is 0 Å². The monoisotopic (exact) mass is 549 g/mol. The maximum absolute atomic E-state index is 4.73. The molecule has 1 aromatic heterocycles. The Labute approximate surface area is 184 Å². The number of benzene rings is 1. The van der Waals surface area contributed by atoms with Crippen molar-refractivity contribution < 1.29 is 0 Å². The summed E-state index contributed by atoms with van der Waals surface area (Å²) >= 11 is 5.32. The first-order chi connectivity index (χ1) is 12.2. The van der Waals surface area contributed by atoms with E-state index in [4.69, 9.17) is 4.99 Å². The first-order valence-electron chi connectivity index (χ1n) is 8.60. The standard InChI is InChI=1S/C18H24BrN5S.HI/c1-3-20-18(21-10-17-13(2)22-12-25-17)23-14-8-9-24(11-14)16-7-5-4-6-15(16)19;/h4-7,12,14H,3,8-11H2,1-2H3,(H2,20,21,23);1H. The number of rotatable bonds is 5. The van der Waals surface area contributed by atoms with Crippen LogP contribution in [0.3, 0.4) is 0 Å². The molecule has 0 radical (unpaired) electrons. The Kier molecular flexibility index (Phi) is 8.62. The number of para-hydroxylation sites is 1. The number of hydrogen-bond acceptors (Lipinski definition) is 4. The highest BCUT2D eigenvalue weighted by Crippen LogP contribution is 2.28. The molecule has 1 unspecified atom stereocenters. The number of anilines is 1. The lowest BCUT2D eigenvalue weighted by molar-refractivity contribution is 0.649. The molecule has 1 aromatic carbocycles. The number of aryl methyl sites for hydroxylation is 1. The lowest BCUT2D eigenvalue weighted by atomic mass is 10.3. The molecule has 5 nitrogen and oxygen atoms in total. The molecule has 2 heterocycles. The van der Waals surface area contributed by atoms with E-state index in [1.54, 1.807) is 11.3 Å². The quantitative estimate of drug-likeness (QED) is 0.334. The predicted molar refractivity (Wildman–Crippen MR) is 125 cm³/mol. The van der Waals surface area contributed by atoms with Crippen LogP contribution in [0.1, 0.15) is 23.9 Å². The van der Waals surface area contributed by atoms with Crippen molar-refractivity contribution in [3.05, 3.63) is 44.8 Å². The number of thiazole rings is 1. The first-order valence-corrected chi connectivity index (χ1v) is 10.3. The zero-order chi connectivity index (χ0) is 17.6. The number of aromatic nitrogens is 1. The number of nitrogens with one attached hydrogen (secondary N) is 2. The fourth-order valence-corrected chi connectivity index (χ4v) is 4.18. The molecule has 2 aromatic rings. The van der Waals surface area contributed by atoms with Gasteiger partial charge >= 0.3 is 0 Å². The summed E-state index contributed by atoms with van der Waals surface area (Å²) < 4.78 is 1.15. The van der Waals surface area contributed by atoms with Gasteiger partial charge in [-0.2, -0.15) is 0 Å². The van der Waals surface area contributed by atoms with Crippen LogP contribution in [0.5, 0.6) is 0 Å². The van der Waals surface area contributed by atoms with Gasteiger partial charge in [0.05, 0.1) is 23.4 Å². The summed E-state index contributed by atoms with van der Waals surface area (Å²) in [4.78, 5) is 12.7. The van der Waals surface area contributed by atoms with Crippen molar-refractivity contribution in [2.75, 3.05) is 24.5 Å². The molecule has 1 fully saturated rings. The normalized spacial score (nSPS) is 17.1. The van der Waals surface area contributed by atoms with Crippen molar-refractivity contribution >= 4 is 62.9 Å². The largest absolute Gasteiger partial charge is 0.368 e. The fourth-order valence-electron chi connectivity index (χ4n) is 2.95. The summed E-state index contributed by atoms with van der Waals surface area (Å²) in [6.45, 7) is 7.69. The van der Waals surface area contributed by atoms with Crippen molar-refractivity contribution in [2.45, 2.75) is 32.9 Å². The molecule has 1 aliphatic heterocycles. The van der Waals surface area contributed by atoms with Gasteiger partial charge in [-0.25, -0.2) is 9.98 Å². The molecule has 26 heavy (non-hydrogen) atoms. The van der Waals surface area contributed by atoms with Crippen LogP contribution in [0, 0.1) is 6.92 Å². The highest BCUT2D eigenvalue weighted by Gasteiger charge is 2.24. The van der Waals surface area contributed by atoms with Crippen LogP contribution in [-0.2, 0) is 6.54 Å². The average molecular weight is 550 g/mol. The Morgan fingerprint density at radius 3 is 2.92 bits per heavy atom. The summed E-state index contributed by atoms with van der Waals surface area (Å²) in [5.41, 5.74) is 4.22. The van der Waals surface area contributed by atoms with Gasteiger partial charge in [-0.15, -0.1) is 35.3 Å². The third-order valence-corrected chi connectivity index (χ3v) is 5.88. The van der Waals surface area contributed by atoms with Gasteiger partial charge in [0.1, 0.15) is 0 Å². The van der Waals surface area contributed by atoms with E-state index in [0.717, 1.165) is 42.2 Å². The van der Waals surface area contributed by atoms with E-state index in [1.807, 2.05) is 12.4 Å². The summed E-state index contributed by atoms with van der Waals surface area (Å²) in [7, 11) is 0. The summed E-state index contributed by atoms with van der Waals surface area (Å²) in [6.07, 6.45) is 1.10. The summed E-state index contributed by atoms with van der Waals surface area (Å²) in [5.74, 6) is 0.884. The molecule has 0 spiro atoms. The van der Waals surface area contributed by atoms with Crippen molar-refractivity contribution in [3.8, 4) is 0 Å². The van der Waals surface area contributed by atoms with Crippen LogP contribution in [0.25, 0.3) is 0 Å². The zero-order valence-corrected chi connectivity index (χ0v) is 19.8. The van der Waals surface area contributed by atoms with Crippen molar-refractivity contribution in [1.29, 1.82) is 0 Å². The van der Waals surface area contributed by atoms with Gasteiger partial charge in [0.15, 0.2) is 5.96 Å². The van der Waals surface area contributed by atoms with Crippen molar-refractivity contribution in [3.63, 3.8) is 0 Å². The summed E-state index contributed by atoms with van der Waals surface area (Å²) in [5, 5.41) is 6.94. The molecule has 8 heteroatoms. The molecule has 0 bridgehead atoms. The van der Waals surface area contributed by atoms with Gasteiger partial charge < -0.3 is 15.5 Å². The van der Waals surface area contributed by atoms with Gasteiger partial charge in [-0.05, 0) is 48.3 Å². The number of guanidine groups is 1.